The van der Waals surface area contributed by atoms with Crippen molar-refractivity contribution < 1.29 is 0 Å². The third-order valence-electron chi connectivity index (χ3n) is 1.24. The molecular formula is C7H14BrCl. The molecule has 0 fully saturated rings. The van der Waals surface area contributed by atoms with Gasteiger partial charge in [0.15, 0.2) is 0 Å². The van der Waals surface area contributed by atoms with Crippen LogP contribution in [-0.4, -0.2) is 10.7 Å². The number of unbranched alkanes of at least 4 members (excludes halogenated alkanes) is 2. The third kappa shape index (κ3) is 8.77. The van der Waals surface area contributed by atoms with Gasteiger partial charge in [-0.2, -0.15) is 0 Å². The summed E-state index contributed by atoms with van der Waals surface area (Å²) in [6.45, 7) is 2.05. The number of hydrogen-bond donors (Lipinski definition) is 0. The molecule has 0 saturated carbocycles. The van der Waals surface area contributed by atoms with Crippen LogP contribution in [0.5, 0.6) is 0 Å². The summed E-state index contributed by atoms with van der Waals surface area (Å²) in [5.41, 5.74) is 0. The normalized spacial score (nSPS) is 13.7. The molecule has 56 valence electrons. The summed E-state index contributed by atoms with van der Waals surface area (Å²) >= 11 is 9.13. The molecule has 0 nitrogen and oxygen atoms in total. The maximum Gasteiger partial charge on any atom is 0.0307 e. The number of halogens is 2. The third-order valence-corrected chi connectivity index (χ3v) is 2.01. The highest BCUT2D eigenvalue weighted by atomic mass is 79.9. The van der Waals surface area contributed by atoms with Crippen molar-refractivity contribution in [2.75, 3.05) is 5.33 Å². The second-order valence-electron chi connectivity index (χ2n) is 2.32. The van der Waals surface area contributed by atoms with Gasteiger partial charge in [0, 0.05) is 10.7 Å². The quantitative estimate of drug-likeness (QED) is 0.484. The summed E-state index contributed by atoms with van der Waals surface area (Å²) in [7, 11) is 0. The first kappa shape index (κ1) is 9.77. The molecule has 0 spiro atoms. The summed E-state index contributed by atoms with van der Waals surface area (Å²) in [6, 6.07) is 0. The molecule has 0 aliphatic carbocycles. The monoisotopic (exact) mass is 212 g/mol. The molecule has 0 aromatic rings. The summed E-state index contributed by atoms with van der Waals surface area (Å²) in [5, 5.41) is 1.49. The van der Waals surface area contributed by atoms with E-state index in [2.05, 4.69) is 22.9 Å². The van der Waals surface area contributed by atoms with Crippen LogP contribution < -0.4 is 0 Å². The first-order valence-electron chi connectivity index (χ1n) is 3.47. The van der Waals surface area contributed by atoms with Gasteiger partial charge in [-0.1, -0.05) is 28.8 Å². The van der Waals surface area contributed by atoms with E-state index in [1.165, 1.54) is 19.3 Å². The van der Waals surface area contributed by atoms with Crippen LogP contribution in [0.15, 0.2) is 0 Å². The largest absolute Gasteiger partial charge is 0.123 e. The number of rotatable bonds is 5. The van der Waals surface area contributed by atoms with Crippen LogP contribution >= 0.6 is 27.5 Å². The molecule has 0 radical (unpaired) electrons. The van der Waals surface area contributed by atoms with Crippen molar-refractivity contribution in [2.24, 2.45) is 0 Å². The molecule has 1 atom stereocenters. The van der Waals surface area contributed by atoms with Gasteiger partial charge in [0.2, 0.25) is 0 Å². The molecule has 0 aliphatic heterocycles. The molecule has 0 bridgehead atoms. The SMILES string of the molecule is CC(Cl)CCCCCBr. The van der Waals surface area contributed by atoms with Crippen LogP contribution in [0.4, 0.5) is 0 Å². The molecule has 0 amide bonds. The average molecular weight is 214 g/mol. The van der Waals surface area contributed by atoms with Gasteiger partial charge in [-0.3, -0.25) is 0 Å². The van der Waals surface area contributed by atoms with E-state index in [0.29, 0.717) is 5.38 Å². The Bertz CT molecular complexity index is 54.9. The molecule has 0 saturated heterocycles. The zero-order valence-electron chi connectivity index (χ0n) is 5.87. The van der Waals surface area contributed by atoms with E-state index in [4.69, 9.17) is 11.6 Å². The molecule has 0 aromatic heterocycles. The molecule has 2 heteroatoms. The Kier molecular flexibility index (Phi) is 7.47. The van der Waals surface area contributed by atoms with E-state index < -0.39 is 0 Å². The van der Waals surface area contributed by atoms with E-state index >= 15 is 0 Å². The lowest BCUT2D eigenvalue weighted by Gasteiger charge is -1.99. The Hall–Kier alpha value is 0.770. The Morgan fingerprint density at radius 1 is 1.33 bits per heavy atom. The summed E-state index contributed by atoms with van der Waals surface area (Å²) < 4.78 is 0. The zero-order chi connectivity index (χ0) is 7.11. The standard InChI is InChI=1S/C7H14BrCl/c1-7(9)5-3-2-4-6-8/h7H,2-6H2,1H3. The molecule has 1 unspecified atom stereocenters. The molecule has 9 heavy (non-hydrogen) atoms. The first-order chi connectivity index (χ1) is 4.27. The van der Waals surface area contributed by atoms with Crippen molar-refractivity contribution in [1.82, 2.24) is 0 Å². The molecule has 0 rings (SSSR count). The summed E-state index contributed by atoms with van der Waals surface area (Å²) in [6.07, 6.45) is 5.02. The van der Waals surface area contributed by atoms with Gasteiger partial charge >= 0.3 is 0 Å². The highest BCUT2D eigenvalue weighted by Gasteiger charge is 1.94. The van der Waals surface area contributed by atoms with Crippen LogP contribution in [0.3, 0.4) is 0 Å². The average Bonchev–Trinajstić information content (AvgIpc) is 1.80. The fourth-order valence-electron chi connectivity index (χ4n) is 0.697. The van der Waals surface area contributed by atoms with Gasteiger partial charge in [-0.15, -0.1) is 11.6 Å². The van der Waals surface area contributed by atoms with Gasteiger partial charge in [0.05, 0.1) is 0 Å². The van der Waals surface area contributed by atoms with Crippen LogP contribution in [-0.2, 0) is 0 Å². The molecular weight excluding hydrogens is 199 g/mol. The molecule has 0 heterocycles. The van der Waals surface area contributed by atoms with Gasteiger partial charge in [0.25, 0.3) is 0 Å². The molecule has 0 aromatic carbocycles. The zero-order valence-corrected chi connectivity index (χ0v) is 8.21. The van der Waals surface area contributed by atoms with Crippen LogP contribution in [0.25, 0.3) is 0 Å². The predicted molar refractivity (Wildman–Crippen MR) is 47.6 cm³/mol. The predicted octanol–water partition coefficient (Wildman–Crippen LogP) is 3.57. The highest BCUT2D eigenvalue weighted by molar-refractivity contribution is 9.09. The van der Waals surface area contributed by atoms with Crippen molar-refractivity contribution in [3.8, 4) is 0 Å². The summed E-state index contributed by atoms with van der Waals surface area (Å²) in [4.78, 5) is 0. The second kappa shape index (κ2) is 6.88. The topological polar surface area (TPSA) is 0 Å². The van der Waals surface area contributed by atoms with Crippen molar-refractivity contribution in [2.45, 2.75) is 38.0 Å². The first-order valence-corrected chi connectivity index (χ1v) is 5.03. The number of alkyl halides is 2. The maximum atomic E-state index is 5.74. The number of hydrogen-bond acceptors (Lipinski definition) is 0. The van der Waals surface area contributed by atoms with E-state index in [0.717, 1.165) is 11.8 Å². The Morgan fingerprint density at radius 2 is 2.00 bits per heavy atom. The van der Waals surface area contributed by atoms with Crippen molar-refractivity contribution in [3.05, 3.63) is 0 Å². The van der Waals surface area contributed by atoms with E-state index in [9.17, 15) is 0 Å². The lowest BCUT2D eigenvalue weighted by molar-refractivity contribution is 0.665. The Balaban J connectivity index is 2.75. The van der Waals surface area contributed by atoms with Crippen LogP contribution in [0, 0.1) is 0 Å². The minimum Gasteiger partial charge on any atom is -0.123 e. The van der Waals surface area contributed by atoms with E-state index in [1.807, 2.05) is 0 Å². The van der Waals surface area contributed by atoms with Crippen molar-refractivity contribution in [3.63, 3.8) is 0 Å². The van der Waals surface area contributed by atoms with Crippen molar-refractivity contribution >= 4 is 27.5 Å². The van der Waals surface area contributed by atoms with Crippen LogP contribution in [0.1, 0.15) is 32.6 Å². The van der Waals surface area contributed by atoms with Gasteiger partial charge in [-0.05, 0) is 19.8 Å². The molecule has 0 N–H and O–H groups in total. The van der Waals surface area contributed by atoms with Gasteiger partial charge in [0.1, 0.15) is 0 Å². The minimum atomic E-state index is 0.361. The van der Waals surface area contributed by atoms with E-state index in [1.54, 1.807) is 0 Å². The Labute approximate surface area is 71.1 Å². The smallest absolute Gasteiger partial charge is 0.0307 e. The van der Waals surface area contributed by atoms with Gasteiger partial charge in [-0.25, -0.2) is 0 Å². The van der Waals surface area contributed by atoms with E-state index in [-0.39, 0.29) is 0 Å². The maximum absolute atomic E-state index is 5.74. The van der Waals surface area contributed by atoms with Crippen molar-refractivity contribution in [1.29, 1.82) is 0 Å². The summed E-state index contributed by atoms with van der Waals surface area (Å²) in [5.74, 6) is 0. The Morgan fingerprint density at radius 3 is 2.44 bits per heavy atom. The lowest BCUT2D eigenvalue weighted by atomic mass is 10.2. The van der Waals surface area contributed by atoms with Gasteiger partial charge < -0.3 is 0 Å². The lowest BCUT2D eigenvalue weighted by Crippen LogP contribution is -1.89. The van der Waals surface area contributed by atoms with Crippen LogP contribution in [0.2, 0.25) is 0 Å². The second-order valence-corrected chi connectivity index (χ2v) is 3.86. The fourth-order valence-corrected chi connectivity index (χ4v) is 1.25. The fraction of sp³-hybridized carbons (Fsp3) is 1.00. The molecule has 0 aliphatic rings. The minimum absolute atomic E-state index is 0.361. The highest BCUT2D eigenvalue weighted by Crippen LogP contribution is 2.08.